The van der Waals surface area contributed by atoms with Crippen LogP contribution in [0.15, 0.2) is 0 Å². The van der Waals surface area contributed by atoms with Crippen LogP contribution in [0, 0.1) is 5.92 Å². The number of amides is 3. The van der Waals surface area contributed by atoms with E-state index >= 15 is 0 Å². The van der Waals surface area contributed by atoms with E-state index in [0.29, 0.717) is 0 Å². The van der Waals surface area contributed by atoms with Gasteiger partial charge in [0.2, 0.25) is 17.7 Å². The summed E-state index contributed by atoms with van der Waals surface area (Å²) in [5.41, 5.74) is 5.67. The average molecular weight is 519 g/mol. The fraction of sp³-hybridized carbons (Fsp3) is 0.667. The van der Waals surface area contributed by atoms with E-state index in [9.17, 15) is 38.7 Å². The van der Waals surface area contributed by atoms with E-state index in [0.717, 1.165) is 0 Å². The Morgan fingerprint density at radius 1 is 0.611 bits per heavy atom. The molecule has 0 saturated heterocycles. The lowest BCUT2D eigenvalue weighted by atomic mass is 10.0. The highest BCUT2D eigenvalue weighted by Crippen LogP contribution is 2.09. The molecule has 15 nitrogen and oxygen atoms in total. The molecule has 0 aliphatic heterocycles. The quantitative estimate of drug-likeness (QED) is 0.103. The van der Waals surface area contributed by atoms with Gasteiger partial charge in [-0.15, -0.1) is 0 Å². The fourth-order valence-electron chi connectivity index (χ4n) is 3.00. The summed E-state index contributed by atoms with van der Waals surface area (Å²) in [5.74, 6) is -8.11. The van der Waals surface area contributed by atoms with Gasteiger partial charge in [0.25, 0.3) is 0 Å². The monoisotopic (exact) mass is 518 g/mol. The second-order valence-electron chi connectivity index (χ2n) is 8.56. The summed E-state index contributed by atoms with van der Waals surface area (Å²) in [5, 5.41) is 42.5. The van der Waals surface area contributed by atoms with Crippen molar-refractivity contribution in [2.45, 2.75) is 83.0 Å². The third-order valence-electron chi connectivity index (χ3n) is 4.89. The molecule has 204 valence electrons. The lowest BCUT2D eigenvalue weighted by molar-refractivity contribution is -0.144. The van der Waals surface area contributed by atoms with Crippen LogP contribution < -0.4 is 21.7 Å². The zero-order chi connectivity index (χ0) is 28.0. The maximum Gasteiger partial charge on any atom is 0.326 e. The maximum atomic E-state index is 12.9. The molecule has 0 saturated carbocycles. The number of hydrogen-bond donors (Lipinski definition) is 8. The molecule has 0 aromatic carbocycles. The highest BCUT2D eigenvalue weighted by Gasteiger charge is 2.31. The highest BCUT2D eigenvalue weighted by atomic mass is 16.4. The minimum atomic E-state index is -1.60. The first-order valence-corrected chi connectivity index (χ1v) is 11.2. The van der Waals surface area contributed by atoms with E-state index < -0.39 is 91.4 Å². The summed E-state index contributed by atoms with van der Waals surface area (Å²) in [6, 6.07) is -5.54. The molecular formula is C21H34N4O11. The van der Waals surface area contributed by atoms with E-state index in [-0.39, 0.29) is 25.2 Å². The number of carboxylic acid groups (broad SMARTS) is 4. The first-order valence-electron chi connectivity index (χ1n) is 11.2. The number of carbonyl (C=O) groups is 7. The number of aliphatic carboxylic acids is 4. The second kappa shape index (κ2) is 16.0. The lowest BCUT2D eigenvalue weighted by Crippen LogP contribution is -2.57. The van der Waals surface area contributed by atoms with E-state index in [1.165, 1.54) is 0 Å². The van der Waals surface area contributed by atoms with Crippen molar-refractivity contribution in [3.05, 3.63) is 0 Å². The third kappa shape index (κ3) is 13.8. The van der Waals surface area contributed by atoms with Crippen LogP contribution in [0.2, 0.25) is 0 Å². The number of hydrogen-bond acceptors (Lipinski definition) is 8. The molecule has 4 atom stereocenters. The van der Waals surface area contributed by atoms with Gasteiger partial charge in [0.05, 0.1) is 6.04 Å². The molecule has 0 aromatic rings. The molecule has 4 unspecified atom stereocenters. The molecule has 3 amide bonds. The lowest BCUT2D eigenvalue weighted by Gasteiger charge is -2.25. The molecule has 0 aliphatic rings. The SMILES string of the molecule is CC(C)CC(NC(=O)C(N)CCC(=O)O)C(=O)NC(CCC(=O)O)C(=O)NC(CCC(=O)O)C(=O)O. The van der Waals surface area contributed by atoms with E-state index in [1.54, 1.807) is 13.8 Å². The van der Waals surface area contributed by atoms with Crippen molar-refractivity contribution in [1.82, 2.24) is 16.0 Å². The van der Waals surface area contributed by atoms with Crippen molar-refractivity contribution in [1.29, 1.82) is 0 Å². The summed E-state index contributed by atoms with van der Waals surface area (Å²) in [7, 11) is 0. The Labute approximate surface area is 206 Å². The van der Waals surface area contributed by atoms with E-state index in [2.05, 4.69) is 16.0 Å². The third-order valence-corrected chi connectivity index (χ3v) is 4.89. The van der Waals surface area contributed by atoms with E-state index in [1.807, 2.05) is 0 Å². The minimum absolute atomic E-state index is 0.0901. The number of carbonyl (C=O) groups excluding carboxylic acids is 3. The Morgan fingerprint density at radius 3 is 1.44 bits per heavy atom. The summed E-state index contributed by atoms with van der Waals surface area (Å²) in [6.07, 6.45) is -2.46. The van der Waals surface area contributed by atoms with Crippen molar-refractivity contribution >= 4 is 41.6 Å². The molecule has 0 spiro atoms. The van der Waals surface area contributed by atoms with Crippen LogP contribution in [0.4, 0.5) is 0 Å². The molecule has 36 heavy (non-hydrogen) atoms. The van der Waals surface area contributed by atoms with Crippen LogP contribution in [0.5, 0.6) is 0 Å². The van der Waals surface area contributed by atoms with Gasteiger partial charge >= 0.3 is 23.9 Å². The molecule has 0 aliphatic carbocycles. The zero-order valence-corrected chi connectivity index (χ0v) is 20.1. The van der Waals surface area contributed by atoms with Crippen molar-refractivity contribution in [2.75, 3.05) is 0 Å². The number of rotatable bonds is 18. The predicted molar refractivity (Wildman–Crippen MR) is 121 cm³/mol. The Balaban J connectivity index is 5.57. The molecule has 0 fully saturated rings. The summed E-state index contributed by atoms with van der Waals surface area (Å²) < 4.78 is 0. The Hall–Kier alpha value is -3.75. The van der Waals surface area contributed by atoms with Gasteiger partial charge in [-0.3, -0.25) is 28.8 Å². The van der Waals surface area contributed by atoms with Crippen molar-refractivity contribution in [2.24, 2.45) is 11.7 Å². The molecular weight excluding hydrogens is 484 g/mol. The summed E-state index contributed by atoms with van der Waals surface area (Å²) in [6.45, 7) is 3.48. The van der Waals surface area contributed by atoms with Gasteiger partial charge in [0.1, 0.15) is 18.1 Å². The van der Waals surface area contributed by atoms with E-state index in [4.69, 9.17) is 21.1 Å². The second-order valence-corrected chi connectivity index (χ2v) is 8.56. The predicted octanol–water partition coefficient (Wildman–Crippen LogP) is -1.51. The first-order chi connectivity index (χ1) is 16.6. The van der Waals surface area contributed by atoms with Gasteiger partial charge in [-0.2, -0.15) is 0 Å². The maximum absolute atomic E-state index is 12.9. The van der Waals surface area contributed by atoms with Gasteiger partial charge in [-0.05, 0) is 31.6 Å². The Morgan fingerprint density at radius 2 is 1.00 bits per heavy atom. The highest BCUT2D eigenvalue weighted by molar-refractivity contribution is 5.94. The molecule has 0 radical (unpaired) electrons. The van der Waals surface area contributed by atoms with Gasteiger partial charge in [-0.25, -0.2) is 4.79 Å². The van der Waals surface area contributed by atoms with Gasteiger partial charge < -0.3 is 42.1 Å². The van der Waals surface area contributed by atoms with Crippen LogP contribution in [-0.4, -0.2) is 86.2 Å². The van der Waals surface area contributed by atoms with Crippen LogP contribution in [0.25, 0.3) is 0 Å². The van der Waals surface area contributed by atoms with Gasteiger partial charge in [-0.1, -0.05) is 13.8 Å². The summed E-state index contributed by atoms with van der Waals surface area (Å²) >= 11 is 0. The van der Waals surface area contributed by atoms with Crippen LogP contribution in [-0.2, 0) is 33.6 Å². The standard InChI is InChI=1S/C21H34N4O11/c1-10(2)9-14(25-18(32)11(22)3-6-15(26)27)20(34)23-12(4-7-16(28)29)19(33)24-13(21(35)36)5-8-17(30)31/h10-14H,3-9,22H2,1-2H3,(H,23,34)(H,24,33)(H,25,32)(H,26,27)(H,28,29)(H,30,31)(H,35,36). The van der Waals surface area contributed by atoms with Crippen LogP contribution in [0.1, 0.15) is 58.8 Å². The number of carboxylic acids is 4. The molecule has 0 bridgehead atoms. The largest absolute Gasteiger partial charge is 0.481 e. The zero-order valence-electron chi connectivity index (χ0n) is 20.1. The fourth-order valence-corrected chi connectivity index (χ4v) is 3.00. The number of nitrogens with two attached hydrogens (primary N) is 1. The molecule has 0 rings (SSSR count). The smallest absolute Gasteiger partial charge is 0.326 e. The normalized spacial score (nSPS) is 14.1. The molecule has 9 N–H and O–H groups in total. The summed E-state index contributed by atoms with van der Waals surface area (Å²) in [4.78, 5) is 81.8. The van der Waals surface area contributed by atoms with Crippen LogP contribution >= 0.6 is 0 Å². The Kier molecular flexibility index (Phi) is 14.4. The topological polar surface area (TPSA) is 263 Å². The Bertz CT molecular complexity index is 831. The molecule has 0 heterocycles. The van der Waals surface area contributed by atoms with Gasteiger partial charge in [0, 0.05) is 19.3 Å². The van der Waals surface area contributed by atoms with Crippen molar-refractivity contribution in [3.63, 3.8) is 0 Å². The van der Waals surface area contributed by atoms with Crippen LogP contribution in [0.3, 0.4) is 0 Å². The molecule has 0 aromatic heterocycles. The van der Waals surface area contributed by atoms with Gasteiger partial charge in [0.15, 0.2) is 0 Å². The number of nitrogens with one attached hydrogen (secondary N) is 3. The minimum Gasteiger partial charge on any atom is -0.481 e. The van der Waals surface area contributed by atoms with Crippen molar-refractivity contribution in [3.8, 4) is 0 Å². The molecule has 15 heteroatoms. The average Bonchev–Trinajstić information content (AvgIpc) is 2.75. The first kappa shape index (κ1) is 32.2. The van der Waals surface area contributed by atoms with Crippen molar-refractivity contribution < 1.29 is 54.0 Å².